The smallest absolute Gasteiger partial charge is 0.337 e. The summed E-state index contributed by atoms with van der Waals surface area (Å²) < 4.78 is 45.0. The summed E-state index contributed by atoms with van der Waals surface area (Å²) >= 11 is 0. The fourth-order valence-electron chi connectivity index (χ4n) is 3.35. The first-order valence-corrected chi connectivity index (χ1v) is 11.1. The Hall–Kier alpha value is -2.78. The molecule has 30 heavy (non-hydrogen) atoms. The maximum Gasteiger partial charge on any atom is 0.337 e. The number of nitrogens with one attached hydrogen (secondary N) is 1. The highest BCUT2D eigenvalue weighted by Gasteiger charge is 2.31. The largest absolute Gasteiger partial charge is 0.465 e. The van der Waals surface area contributed by atoms with Gasteiger partial charge in [-0.2, -0.15) is 0 Å². The van der Waals surface area contributed by atoms with Crippen LogP contribution in [0.5, 0.6) is 0 Å². The van der Waals surface area contributed by atoms with Gasteiger partial charge in [0.1, 0.15) is 5.82 Å². The van der Waals surface area contributed by atoms with Crippen LogP contribution in [0.25, 0.3) is 0 Å². The van der Waals surface area contributed by atoms with Crippen LogP contribution in [0.1, 0.15) is 28.8 Å². The van der Waals surface area contributed by atoms with Crippen molar-refractivity contribution in [2.45, 2.75) is 18.6 Å². The number of halogens is 1. The fourth-order valence-corrected chi connectivity index (χ4v) is 4.93. The molecule has 1 aliphatic heterocycles. The van der Waals surface area contributed by atoms with Crippen molar-refractivity contribution in [2.75, 3.05) is 25.5 Å². The van der Waals surface area contributed by atoms with Gasteiger partial charge in [0.15, 0.2) is 0 Å². The zero-order valence-electron chi connectivity index (χ0n) is 16.5. The number of carbonyl (C=O) groups excluding carboxylic acids is 2. The van der Waals surface area contributed by atoms with Gasteiger partial charge in [-0.25, -0.2) is 21.9 Å². The summed E-state index contributed by atoms with van der Waals surface area (Å²) in [6.07, 6.45) is 0.755. The lowest BCUT2D eigenvalue weighted by Crippen LogP contribution is -2.42. The Morgan fingerprint density at radius 2 is 1.73 bits per heavy atom. The number of piperidine rings is 1. The number of hydrogen-bond acceptors (Lipinski definition) is 5. The van der Waals surface area contributed by atoms with Gasteiger partial charge in [-0.3, -0.25) is 4.79 Å². The summed E-state index contributed by atoms with van der Waals surface area (Å²) in [5.74, 6) is -1.94. The number of nitrogens with zero attached hydrogens (tertiary/aromatic N) is 1. The van der Waals surface area contributed by atoms with Gasteiger partial charge in [0.05, 0.1) is 18.4 Å². The van der Waals surface area contributed by atoms with Crippen molar-refractivity contribution in [2.24, 2.45) is 5.92 Å². The van der Waals surface area contributed by atoms with E-state index in [1.807, 2.05) is 0 Å². The molecule has 0 saturated carbocycles. The number of esters is 1. The van der Waals surface area contributed by atoms with E-state index in [0.29, 0.717) is 24.1 Å². The molecule has 2 aromatic carbocycles. The van der Waals surface area contributed by atoms with E-state index >= 15 is 0 Å². The number of benzene rings is 2. The number of ether oxygens (including phenoxy) is 1. The van der Waals surface area contributed by atoms with Gasteiger partial charge >= 0.3 is 5.97 Å². The highest BCUT2D eigenvalue weighted by atomic mass is 32.2. The van der Waals surface area contributed by atoms with E-state index in [4.69, 9.17) is 0 Å². The summed E-state index contributed by atoms with van der Waals surface area (Å²) in [4.78, 5) is 24.0. The van der Waals surface area contributed by atoms with Crippen molar-refractivity contribution in [1.29, 1.82) is 0 Å². The summed E-state index contributed by atoms with van der Waals surface area (Å²) in [6.45, 7) is 0.409. The van der Waals surface area contributed by atoms with Crippen molar-refractivity contribution in [3.63, 3.8) is 0 Å². The summed E-state index contributed by atoms with van der Waals surface area (Å²) in [6, 6.07) is 12.1. The van der Waals surface area contributed by atoms with Crippen LogP contribution in [-0.2, 0) is 25.3 Å². The molecule has 1 amide bonds. The molecule has 1 aliphatic rings. The van der Waals surface area contributed by atoms with Crippen molar-refractivity contribution < 1.29 is 27.1 Å². The first kappa shape index (κ1) is 21.9. The number of methoxy groups -OCH3 is 1. The Morgan fingerprint density at radius 3 is 2.33 bits per heavy atom. The molecule has 9 heteroatoms. The van der Waals surface area contributed by atoms with Gasteiger partial charge in [-0.1, -0.05) is 18.2 Å². The normalized spacial score (nSPS) is 15.5. The van der Waals surface area contributed by atoms with Crippen molar-refractivity contribution in [1.82, 2.24) is 4.31 Å². The van der Waals surface area contributed by atoms with Crippen LogP contribution in [0.15, 0.2) is 48.5 Å². The molecule has 1 saturated heterocycles. The molecule has 0 bridgehead atoms. The minimum absolute atomic E-state index is 0.132. The van der Waals surface area contributed by atoms with E-state index in [0.717, 1.165) is 0 Å². The summed E-state index contributed by atoms with van der Waals surface area (Å²) in [5.41, 5.74) is 1.05. The van der Waals surface area contributed by atoms with E-state index < -0.39 is 27.6 Å². The number of sulfonamides is 1. The minimum atomic E-state index is -3.66. The Morgan fingerprint density at radius 1 is 1.10 bits per heavy atom. The maximum absolute atomic E-state index is 13.8. The lowest BCUT2D eigenvalue weighted by molar-refractivity contribution is -0.120. The standard InChI is InChI=1S/C21H23FN2O5S/c1-29-21(26)16-6-8-18(9-7-16)23-20(25)15-10-12-24(13-11-15)30(27,28)14-17-4-2-3-5-19(17)22/h2-9,15H,10-14H2,1H3,(H,23,25). The predicted octanol–water partition coefficient (Wildman–Crippen LogP) is 2.79. The van der Waals surface area contributed by atoms with Crippen molar-refractivity contribution >= 4 is 27.6 Å². The van der Waals surface area contributed by atoms with Crippen LogP contribution in [0, 0.1) is 11.7 Å². The molecule has 0 aliphatic carbocycles. The Balaban J connectivity index is 1.55. The van der Waals surface area contributed by atoms with Gasteiger partial charge < -0.3 is 10.1 Å². The van der Waals surface area contributed by atoms with Crippen molar-refractivity contribution in [3.8, 4) is 0 Å². The lowest BCUT2D eigenvalue weighted by atomic mass is 9.97. The SMILES string of the molecule is COC(=O)c1ccc(NC(=O)C2CCN(S(=O)(=O)Cc3ccccc3F)CC2)cc1. The first-order chi connectivity index (χ1) is 14.3. The molecular weight excluding hydrogens is 411 g/mol. The molecular formula is C21H23FN2O5S. The van der Waals surface area contributed by atoms with E-state index in [1.54, 1.807) is 30.3 Å². The molecule has 7 nitrogen and oxygen atoms in total. The number of rotatable bonds is 6. The first-order valence-electron chi connectivity index (χ1n) is 9.50. The quantitative estimate of drug-likeness (QED) is 0.706. The molecule has 1 fully saturated rings. The number of hydrogen-bond donors (Lipinski definition) is 1. The molecule has 0 atom stereocenters. The third kappa shape index (κ3) is 5.22. The van der Waals surface area contributed by atoms with Crippen LogP contribution in [0.2, 0.25) is 0 Å². The molecule has 2 aromatic rings. The second-order valence-electron chi connectivity index (χ2n) is 7.08. The molecule has 0 spiro atoms. The highest BCUT2D eigenvalue weighted by Crippen LogP contribution is 2.24. The molecule has 0 unspecified atom stereocenters. The van der Waals surface area contributed by atoms with Crippen molar-refractivity contribution in [3.05, 3.63) is 65.5 Å². The van der Waals surface area contributed by atoms with Gasteiger partial charge in [0, 0.05) is 30.3 Å². The van der Waals surface area contributed by atoms with Crippen LogP contribution >= 0.6 is 0 Å². The van der Waals surface area contributed by atoms with Crippen LogP contribution < -0.4 is 5.32 Å². The Kier molecular flexibility index (Phi) is 6.84. The molecule has 0 aromatic heterocycles. The molecule has 160 valence electrons. The highest BCUT2D eigenvalue weighted by molar-refractivity contribution is 7.88. The van der Waals surface area contributed by atoms with Crippen LogP contribution in [-0.4, -0.2) is 44.8 Å². The Bertz CT molecular complexity index is 1020. The molecule has 1 N–H and O–H groups in total. The molecule has 1 heterocycles. The maximum atomic E-state index is 13.8. The van der Waals surface area contributed by atoms with E-state index in [1.165, 1.54) is 29.6 Å². The predicted molar refractivity (Wildman–Crippen MR) is 110 cm³/mol. The zero-order valence-corrected chi connectivity index (χ0v) is 17.3. The van der Waals surface area contributed by atoms with Crippen LogP contribution in [0.4, 0.5) is 10.1 Å². The fraction of sp³-hybridized carbons (Fsp3) is 0.333. The number of amides is 1. The second-order valence-corrected chi connectivity index (χ2v) is 9.05. The molecule has 3 rings (SSSR count). The average Bonchev–Trinajstić information content (AvgIpc) is 2.75. The lowest BCUT2D eigenvalue weighted by Gasteiger charge is -2.30. The second kappa shape index (κ2) is 9.36. The number of anilines is 1. The Labute approximate surface area is 174 Å². The number of carbonyl (C=O) groups is 2. The van der Waals surface area contributed by atoms with E-state index in [9.17, 15) is 22.4 Å². The van der Waals surface area contributed by atoms with Gasteiger partial charge in [-0.15, -0.1) is 0 Å². The third-order valence-electron chi connectivity index (χ3n) is 5.09. The monoisotopic (exact) mass is 434 g/mol. The third-order valence-corrected chi connectivity index (χ3v) is 6.92. The topological polar surface area (TPSA) is 92.8 Å². The van der Waals surface area contributed by atoms with Gasteiger partial charge in [0.2, 0.25) is 15.9 Å². The zero-order chi connectivity index (χ0) is 21.7. The summed E-state index contributed by atoms with van der Waals surface area (Å²) in [7, 11) is -2.37. The molecule has 0 radical (unpaired) electrons. The van der Waals surface area contributed by atoms with Gasteiger partial charge in [-0.05, 0) is 43.2 Å². The van der Waals surface area contributed by atoms with E-state index in [2.05, 4.69) is 10.1 Å². The summed E-state index contributed by atoms with van der Waals surface area (Å²) in [5, 5.41) is 2.79. The minimum Gasteiger partial charge on any atom is -0.465 e. The van der Waals surface area contributed by atoms with Gasteiger partial charge in [0.25, 0.3) is 0 Å². The van der Waals surface area contributed by atoms with E-state index in [-0.39, 0.29) is 30.5 Å². The van der Waals surface area contributed by atoms with Crippen LogP contribution in [0.3, 0.4) is 0 Å². The average molecular weight is 434 g/mol.